The number of fused-ring (bicyclic) bond motifs is 1. The Labute approximate surface area is 109 Å². The van der Waals surface area contributed by atoms with Crippen molar-refractivity contribution < 1.29 is 9.13 Å². The molecule has 4 heteroatoms. The summed E-state index contributed by atoms with van der Waals surface area (Å²) >= 11 is 0. The van der Waals surface area contributed by atoms with Gasteiger partial charge < -0.3 is 10.5 Å². The van der Waals surface area contributed by atoms with Gasteiger partial charge in [-0.2, -0.15) is 0 Å². The number of pyridine rings is 1. The minimum atomic E-state index is -0.388. The van der Waals surface area contributed by atoms with Gasteiger partial charge in [-0.3, -0.25) is 4.98 Å². The largest absolute Gasteiger partial charge is 0.454 e. The van der Waals surface area contributed by atoms with Crippen molar-refractivity contribution >= 4 is 16.6 Å². The van der Waals surface area contributed by atoms with Crippen LogP contribution in [0.1, 0.15) is 0 Å². The molecule has 0 radical (unpaired) electrons. The number of hydrogen-bond donors (Lipinski definition) is 1. The molecule has 0 saturated heterocycles. The molecule has 1 aromatic heterocycles. The van der Waals surface area contributed by atoms with E-state index in [1.54, 1.807) is 6.20 Å². The highest BCUT2D eigenvalue weighted by molar-refractivity contribution is 5.79. The number of benzene rings is 2. The maximum Gasteiger partial charge on any atom is 0.150 e. The highest BCUT2D eigenvalue weighted by atomic mass is 19.1. The maximum atomic E-state index is 12.9. The molecular formula is C15H11FN2O. The molecular weight excluding hydrogens is 243 g/mol. The Kier molecular flexibility index (Phi) is 2.76. The van der Waals surface area contributed by atoms with Crippen LogP contribution in [-0.4, -0.2) is 4.98 Å². The van der Waals surface area contributed by atoms with E-state index in [4.69, 9.17) is 10.5 Å². The van der Waals surface area contributed by atoms with Crippen LogP contribution >= 0.6 is 0 Å². The molecule has 0 amide bonds. The number of rotatable bonds is 2. The summed E-state index contributed by atoms with van der Waals surface area (Å²) in [6, 6.07) is 13.6. The van der Waals surface area contributed by atoms with Gasteiger partial charge in [0.25, 0.3) is 0 Å². The van der Waals surface area contributed by atoms with Crippen molar-refractivity contribution in [1.82, 2.24) is 4.98 Å². The average Bonchev–Trinajstić information content (AvgIpc) is 2.42. The Morgan fingerprint density at radius 1 is 1.05 bits per heavy atom. The quantitative estimate of drug-likeness (QED) is 0.708. The lowest BCUT2D eigenvalue weighted by Crippen LogP contribution is -1.93. The van der Waals surface area contributed by atoms with Crippen LogP contribution < -0.4 is 10.5 Å². The van der Waals surface area contributed by atoms with E-state index < -0.39 is 0 Å². The van der Waals surface area contributed by atoms with Crippen molar-refractivity contribution in [2.24, 2.45) is 0 Å². The summed E-state index contributed by atoms with van der Waals surface area (Å²) in [4.78, 5) is 4.28. The molecule has 0 aliphatic carbocycles. The van der Waals surface area contributed by atoms with E-state index in [2.05, 4.69) is 4.98 Å². The van der Waals surface area contributed by atoms with E-state index in [1.807, 2.05) is 30.3 Å². The minimum absolute atomic E-state index is 0.258. The third-order valence-corrected chi connectivity index (χ3v) is 2.77. The van der Waals surface area contributed by atoms with Crippen LogP contribution in [0.3, 0.4) is 0 Å². The second kappa shape index (κ2) is 4.57. The van der Waals surface area contributed by atoms with Crippen molar-refractivity contribution in [2.75, 3.05) is 5.73 Å². The second-order valence-electron chi connectivity index (χ2n) is 4.15. The summed E-state index contributed by atoms with van der Waals surface area (Å²) in [5, 5.41) is 0.973. The van der Waals surface area contributed by atoms with Crippen molar-refractivity contribution in [1.29, 1.82) is 0 Å². The van der Waals surface area contributed by atoms with Gasteiger partial charge >= 0.3 is 0 Å². The lowest BCUT2D eigenvalue weighted by atomic mass is 10.2. The van der Waals surface area contributed by atoms with Crippen LogP contribution in [0.2, 0.25) is 0 Å². The van der Waals surface area contributed by atoms with Gasteiger partial charge in [-0.25, -0.2) is 4.39 Å². The van der Waals surface area contributed by atoms with Gasteiger partial charge in [0, 0.05) is 11.5 Å². The number of ether oxygens (including phenoxy) is 1. The van der Waals surface area contributed by atoms with E-state index in [0.717, 1.165) is 10.9 Å². The summed E-state index contributed by atoms with van der Waals surface area (Å²) in [5.74, 6) is 0.594. The van der Waals surface area contributed by atoms with Crippen LogP contribution in [0.4, 0.5) is 10.1 Å². The van der Waals surface area contributed by atoms with Gasteiger partial charge in [0.05, 0.1) is 17.4 Å². The molecule has 2 N–H and O–H groups in total. The van der Waals surface area contributed by atoms with E-state index in [1.165, 1.54) is 18.2 Å². The molecule has 0 bridgehead atoms. The zero-order valence-corrected chi connectivity index (χ0v) is 10.0. The molecule has 0 spiro atoms. The minimum Gasteiger partial charge on any atom is -0.454 e. The SMILES string of the molecule is Nc1cc(F)ccc1Oc1cnc2ccccc2c1. The number of hydrogen-bond acceptors (Lipinski definition) is 3. The topological polar surface area (TPSA) is 48.1 Å². The lowest BCUT2D eigenvalue weighted by Gasteiger charge is -2.08. The molecule has 0 unspecified atom stereocenters. The first-order valence-corrected chi connectivity index (χ1v) is 5.80. The predicted molar refractivity (Wildman–Crippen MR) is 72.6 cm³/mol. The molecule has 3 aromatic rings. The van der Waals surface area contributed by atoms with Crippen molar-refractivity contribution in [3.8, 4) is 11.5 Å². The first-order valence-electron chi connectivity index (χ1n) is 5.80. The molecule has 0 saturated carbocycles. The number of halogens is 1. The molecule has 0 aliphatic rings. The summed E-state index contributed by atoms with van der Waals surface area (Å²) in [6.07, 6.45) is 1.62. The fourth-order valence-electron chi connectivity index (χ4n) is 1.85. The van der Waals surface area contributed by atoms with E-state index >= 15 is 0 Å². The fourth-order valence-corrected chi connectivity index (χ4v) is 1.85. The Bertz CT molecular complexity index is 743. The monoisotopic (exact) mass is 254 g/mol. The van der Waals surface area contributed by atoms with Crippen LogP contribution in [-0.2, 0) is 0 Å². The molecule has 3 nitrogen and oxygen atoms in total. The number of anilines is 1. The molecule has 0 atom stereocenters. The van der Waals surface area contributed by atoms with Gasteiger partial charge in [0.1, 0.15) is 11.6 Å². The molecule has 0 fully saturated rings. The number of nitrogens with zero attached hydrogens (tertiary/aromatic N) is 1. The smallest absolute Gasteiger partial charge is 0.150 e. The number of aromatic nitrogens is 1. The van der Waals surface area contributed by atoms with E-state index in [0.29, 0.717) is 11.5 Å². The molecule has 3 rings (SSSR count). The van der Waals surface area contributed by atoms with E-state index in [9.17, 15) is 4.39 Å². The van der Waals surface area contributed by atoms with Crippen molar-refractivity contribution in [3.63, 3.8) is 0 Å². The van der Waals surface area contributed by atoms with E-state index in [-0.39, 0.29) is 11.5 Å². The predicted octanol–water partition coefficient (Wildman–Crippen LogP) is 3.75. The Balaban J connectivity index is 1.96. The second-order valence-corrected chi connectivity index (χ2v) is 4.15. The van der Waals surface area contributed by atoms with Crippen molar-refractivity contribution in [3.05, 3.63) is 60.5 Å². The van der Waals surface area contributed by atoms with Gasteiger partial charge in [-0.1, -0.05) is 18.2 Å². The van der Waals surface area contributed by atoms with Gasteiger partial charge in [-0.15, -0.1) is 0 Å². The first-order chi connectivity index (χ1) is 9.22. The first kappa shape index (κ1) is 11.5. The number of nitrogens with two attached hydrogens (primary N) is 1. The highest BCUT2D eigenvalue weighted by Gasteiger charge is 2.04. The molecule has 19 heavy (non-hydrogen) atoms. The summed E-state index contributed by atoms with van der Waals surface area (Å²) in [5.41, 5.74) is 6.84. The molecule has 1 heterocycles. The zero-order chi connectivity index (χ0) is 13.2. The Morgan fingerprint density at radius 3 is 2.74 bits per heavy atom. The molecule has 0 aliphatic heterocycles. The Hall–Kier alpha value is -2.62. The molecule has 2 aromatic carbocycles. The summed E-state index contributed by atoms with van der Waals surface area (Å²) < 4.78 is 18.6. The zero-order valence-electron chi connectivity index (χ0n) is 10.0. The van der Waals surface area contributed by atoms with Crippen LogP contribution in [0.15, 0.2) is 54.7 Å². The number of para-hydroxylation sites is 1. The summed E-state index contributed by atoms with van der Waals surface area (Å²) in [6.45, 7) is 0. The fraction of sp³-hybridized carbons (Fsp3) is 0. The van der Waals surface area contributed by atoms with Gasteiger partial charge in [0.15, 0.2) is 5.75 Å². The third kappa shape index (κ3) is 2.33. The van der Waals surface area contributed by atoms with Crippen molar-refractivity contribution in [2.45, 2.75) is 0 Å². The van der Waals surface area contributed by atoms with Crippen LogP contribution in [0.25, 0.3) is 10.9 Å². The third-order valence-electron chi connectivity index (χ3n) is 2.77. The maximum absolute atomic E-state index is 12.9. The highest BCUT2D eigenvalue weighted by Crippen LogP contribution is 2.28. The summed E-state index contributed by atoms with van der Waals surface area (Å²) in [7, 11) is 0. The Morgan fingerprint density at radius 2 is 1.89 bits per heavy atom. The average molecular weight is 254 g/mol. The van der Waals surface area contributed by atoms with Gasteiger partial charge in [0.2, 0.25) is 0 Å². The van der Waals surface area contributed by atoms with Crippen LogP contribution in [0.5, 0.6) is 11.5 Å². The van der Waals surface area contributed by atoms with Crippen LogP contribution in [0, 0.1) is 5.82 Å². The lowest BCUT2D eigenvalue weighted by molar-refractivity contribution is 0.482. The van der Waals surface area contributed by atoms with Gasteiger partial charge in [-0.05, 0) is 24.3 Å². The normalized spacial score (nSPS) is 10.6. The standard InChI is InChI=1S/C15H11FN2O/c16-11-5-6-15(13(17)8-11)19-12-7-10-3-1-2-4-14(10)18-9-12/h1-9H,17H2. The molecule has 94 valence electrons. The number of nitrogen functional groups attached to an aromatic ring is 1.